The van der Waals surface area contributed by atoms with Crippen molar-refractivity contribution >= 4 is 0 Å². The van der Waals surface area contributed by atoms with E-state index in [0.29, 0.717) is 13.0 Å². The molecule has 1 aliphatic heterocycles. The molecule has 0 amide bonds. The number of hydrogen-bond donors (Lipinski definition) is 2. The Morgan fingerprint density at radius 2 is 1.93 bits per heavy atom. The van der Waals surface area contributed by atoms with E-state index >= 15 is 0 Å². The molecule has 5 nitrogen and oxygen atoms in total. The minimum atomic E-state index is -1.27. The van der Waals surface area contributed by atoms with E-state index in [9.17, 15) is 0 Å². The minimum absolute atomic E-state index is 0.0131. The van der Waals surface area contributed by atoms with Crippen LogP contribution in [0.5, 0.6) is 0 Å². The Labute approximate surface area is 90.6 Å². The number of hydrogen-bond acceptors (Lipinski definition) is 5. The van der Waals surface area contributed by atoms with Crippen LogP contribution in [0.3, 0.4) is 0 Å². The van der Waals surface area contributed by atoms with Crippen LogP contribution in [-0.2, 0) is 9.47 Å². The molecule has 2 atom stereocenters. The van der Waals surface area contributed by atoms with Gasteiger partial charge in [0.15, 0.2) is 12.1 Å². The second-order valence-corrected chi connectivity index (χ2v) is 4.48. The van der Waals surface area contributed by atoms with Crippen molar-refractivity contribution in [2.24, 2.45) is 0 Å². The van der Waals surface area contributed by atoms with Gasteiger partial charge in [-0.1, -0.05) is 0 Å². The summed E-state index contributed by atoms with van der Waals surface area (Å²) >= 11 is 0. The molecular formula is C10H21NO4. The van der Waals surface area contributed by atoms with E-state index in [2.05, 4.69) is 0 Å². The highest BCUT2D eigenvalue weighted by atomic mass is 16.8. The Kier molecular flexibility index (Phi) is 4.08. The summed E-state index contributed by atoms with van der Waals surface area (Å²) in [5.74, 6) is -0.559. The smallest absolute Gasteiger partial charge is 0.165 e. The first kappa shape index (κ1) is 12.9. The molecule has 1 saturated heterocycles. The fraction of sp³-hybridized carbons (Fsp3) is 1.00. The van der Waals surface area contributed by atoms with Gasteiger partial charge in [0.25, 0.3) is 0 Å². The molecule has 5 heteroatoms. The van der Waals surface area contributed by atoms with Crippen molar-refractivity contribution in [2.45, 2.75) is 51.6 Å². The van der Waals surface area contributed by atoms with Crippen LogP contribution >= 0.6 is 0 Å². The predicted octanol–water partition coefficient (Wildman–Crippen LogP) is 0.117. The van der Waals surface area contributed by atoms with Crippen molar-refractivity contribution in [3.8, 4) is 0 Å². The highest BCUT2D eigenvalue weighted by Crippen LogP contribution is 2.29. The lowest BCUT2D eigenvalue weighted by Gasteiger charge is -2.26. The molecule has 0 saturated carbocycles. The molecule has 1 rings (SSSR count). The third kappa shape index (κ3) is 3.70. The summed E-state index contributed by atoms with van der Waals surface area (Å²) in [7, 11) is 1.88. The molecule has 0 aromatic rings. The molecule has 0 aliphatic carbocycles. The van der Waals surface area contributed by atoms with Crippen LogP contribution in [0.4, 0.5) is 0 Å². The zero-order valence-electron chi connectivity index (χ0n) is 9.80. The van der Waals surface area contributed by atoms with Gasteiger partial charge in [-0.3, -0.25) is 4.90 Å². The van der Waals surface area contributed by atoms with Gasteiger partial charge in [-0.05, 0) is 27.8 Å². The molecular weight excluding hydrogens is 198 g/mol. The van der Waals surface area contributed by atoms with Crippen molar-refractivity contribution in [1.29, 1.82) is 0 Å². The first-order valence-electron chi connectivity index (χ1n) is 5.24. The van der Waals surface area contributed by atoms with Gasteiger partial charge in [0.2, 0.25) is 0 Å². The Balaban J connectivity index is 2.43. The predicted molar refractivity (Wildman–Crippen MR) is 55.0 cm³/mol. The lowest BCUT2D eigenvalue weighted by atomic mass is 10.3. The standard InChI is InChI=1S/C10H21NO4/c1-7-9(15-10(2,3)14-7)11(4)6-5-8(12)13/h7-9,12-13H,5-6H2,1-4H3. The fourth-order valence-electron chi connectivity index (χ4n) is 1.81. The highest BCUT2D eigenvalue weighted by molar-refractivity contribution is 4.77. The van der Waals surface area contributed by atoms with E-state index in [1.54, 1.807) is 0 Å². The zero-order valence-corrected chi connectivity index (χ0v) is 9.80. The molecule has 0 spiro atoms. The maximum absolute atomic E-state index is 8.77. The van der Waals surface area contributed by atoms with Gasteiger partial charge in [0.05, 0.1) is 6.10 Å². The average molecular weight is 219 g/mol. The molecule has 0 radical (unpaired) electrons. The third-order valence-corrected chi connectivity index (χ3v) is 2.45. The molecule has 90 valence electrons. The Hall–Kier alpha value is -0.200. The summed E-state index contributed by atoms with van der Waals surface area (Å²) in [6.45, 7) is 6.26. The van der Waals surface area contributed by atoms with Crippen molar-refractivity contribution in [3.05, 3.63) is 0 Å². The third-order valence-electron chi connectivity index (χ3n) is 2.45. The lowest BCUT2D eigenvalue weighted by molar-refractivity contribution is -0.160. The van der Waals surface area contributed by atoms with Gasteiger partial charge in [0.1, 0.15) is 6.23 Å². The largest absolute Gasteiger partial charge is 0.368 e. The van der Waals surface area contributed by atoms with Gasteiger partial charge in [-0.15, -0.1) is 0 Å². The van der Waals surface area contributed by atoms with Crippen LogP contribution in [0.1, 0.15) is 27.2 Å². The van der Waals surface area contributed by atoms with Gasteiger partial charge in [0, 0.05) is 13.0 Å². The van der Waals surface area contributed by atoms with Crippen molar-refractivity contribution in [1.82, 2.24) is 4.90 Å². The number of likely N-dealkylation sites (N-methyl/N-ethyl adjacent to an activating group) is 1. The molecule has 15 heavy (non-hydrogen) atoms. The van der Waals surface area contributed by atoms with Crippen molar-refractivity contribution < 1.29 is 19.7 Å². The molecule has 1 aliphatic rings. The topological polar surface area (TPSA) is 62.2 Å². The molecule has 2 N–H and O–H groups in total. The van der Waals surface area contributed by atoms with Gasteiger partial charge >= 0.3 is 0 Å². The number of rotatable bonds is 4. The van der Waals surface area contributed by atoms with E-state index in [-0.39, 0.29) is 12.3 Å². The van der Waals surface area contributed by atoms with Crippen LogP contribution in [-0.4, -0.2) is 53.1 Å². The molecule has 2 unspecified atom stereocenters. The maximum Gasteiger partial charge on any atom is 0.165 e. The van der Waals surface area contributed by atoms with E-state index < -0.39 is 12.1 Å². The summed E-state index contributed by atoms with van der Waals surface area (Å²) in [6, 6.07) is 0. The molecule has 0 bridgehead atoms. The first-order valence-corrected chi connectivity index (χ1v) is 5.24. The van der Waals surface area contributed by atoms with Crippen LogP contribution in [0.2, 0.25) is 0 Å². The number of aliphatic hydroxyl groups is 2. The van der Waals surface area contributed by atoms with E-state index in [1.165, 1.54) is 0 Å². The molecule has 1 heterocycles. The van der Waals surface area contributed by atoms with Gasteiger partial charge < -0.3 is 19.7 Å². The Morgan fingerprint density at radius 1 is 1.33 bits per heavy atom. The second-order valence-electron chi connectivity index (χ2n) is 4.48. The molecule has 0 aromatic heterocycles. The van der Waals surface area contributed by atoms with E-state index in [4.69, 9.17) is 19.7 Å². The maximum atomic E-state index is 8.77. The SMILES string of the molecule is CC1OC(C)(C)OC1N(C)CCC(O)O. The van der Waals surface area contributed by atoms with Crippen LogP contribution < -0.4 is 0 Å². The Bertz CT molecular complexity index is 208. The van der Waals surface area contributed by atoms with Crippen LogP contribution in [0, 0.1) is 0 Å². The average Bonchev–Trinajstić information content (AvgIpc) is 2.35. The minimum Gasteiger partial charge on any atom is -0.368 e. The van der Waals surface area contributed by atoms with Crippen LogP contribution in [0.25, 0.3) is 0 Å². The summed E-state index contributed by atoms with van der Waals surface area (Å²) in [5.41, 5.74) is 0. The van der Waals surface area contributed by atoms with E-state index in [0.717, 1.165) is 0 Å². The van der Waals surface area contributed by atoms with Crippen LogP contribution in [0.15, 0.2) is 0 Å². The van der Waals surface area contributed by atoms with Gasteiger partial charge in [-0.25, -0.2) is 0 Å². The normalized spacial score (nSPS) is 30.4. The summed E-state index contributed by atoms with van der Waals surface area (Å²) < 4.78 is 11.3. The summed E-state index contributed by atoms with van der Waals surface area (Å²) in [5, 5.41) is 17.5. The quantitative estimate of drug-likeness (QED) is 0.657. The molecule has 0 aromatic carbocycles. The number of nitrogens with zero attached hydrogens (tertiary/aromatic N) is 1. The van der Waals surface area contributed by atoms with Crippen molar-refractivity contribution in [3.63, 3.8) is 0 Å². The van der Waals surface area contributed by atoms with E-state index in [1.807, 2.05) is 32.7 Å². The lowest BCUT2D eigenvalue weighted by Crippen LogP contribution is -2.39. The van der Waals surface area contributed by atoms with Crippen molar-refractivity contribution in [2.75, 3.05) is 13.6 Å². The first-order chi connectivity index (χ1) is 6.82. The highest BCUT2D eigenvalue weighted by Gasteiger charge is 2.40. The number of ether oxygens (including phenoxy) is 2. The number of aliphatic hydroxyl groups excluding tert-OH is 1. The monoisotopic (exact) mass is 219 g/mol. The summed E-state index contributed by atoms with van der Waals surface area (Å²) in [4.78, 5) is 1.93. The zero-order chi connectivity index (χ0) is 11.6. The molecule has 1 fully saturated rings. The summed E-state index contributed by atoms with van der Waals surface area (Å²) in [6.07, 6.45) is -1.10. The second kappa shape index (κ2) is 4.76. The fourth-order valence-corrected chi connectivity index (χ4v) is 1.81. The van der Waals surface area contributed by atoms with Gasteiger partial charge in [-0.2, -0.15) is 0 Å². The Morgan fingerprint density at radius 3 is 2.33 bits per heavy atom.